The van der Waals surface area contributed by atoms with E-state index in [0.717, 1.165) is 12.0 Å². The van der Waals surface area contributed by atoms with E-state index >= 15 is 0 Å². The van der Waals surface area contributed by atoms with Crippen LogP contribution in [0.3, 0.4) is 0 Å². The summed E-state index contributed by atoms with van der Waals surface area (Å²) in [5, 5.41) is 0. The molecule has 5 heteroatoms. The highest BCUT2D eigenvalue weighted by atomic mass is 32.2. The summed E-state index contributed by atoms with van der Waals surface area (Å²) in [6.45, 7) is 8.78. The van der Waals surface area contributed by atoms with Crippen molar-refractivity contribution in [1.82, 2.24) is 8.61 Å². The Balaban J connectivity index is 2.22. The normalized spacial score (nSPS) is 15.8. The van der Waals surface area contributed by atoms with Crippen molar-refractivity contribution in [3.05, 3.63) is 60.7 Å². The molecule has 4 nitrogen and oxygen atoms in total. The van der Waals surface area contributed by atoms with Crippen LogP contribution in [0.25, 0.3) is 0 Å². The zero-order valence-corrected chi connectivity index (χ0v) is 12.3. The lowest BCUT2D eigenvalue weighted by Gasteiger charge is -2.32. The Labute approximate surface area is 121 Å². The van der Waals surface area contributed by atoms with Crippen molar-refractivity contribution in [1.29, 1.82) is 0 Å². The van der Waals surface area contributed by atoms with E-state index in [-0.39, 0.29) is 0 Å². The average molecular weight is 292 g/mol. The Hall–Kier alpha value is -1.43. The van der Waals surface area contributed by atoms with Gasteiger partial charge in [0, 0.05) is 26.2 Å². The van der Waals surface area contributed by atoms with E-state index in [2.05, 4.69) is 19.2 Å². The highest BCUT2D eigenvalue weighted by molar-refractivity contribution is 7.86. The van der Waals surface area contributed by atoms with Gasteiger partial charge < -0.3 is 0 Å². The quantitative estimate of drug-likeness (QED) is 0.752. The maximum Gasteiger partial charge on any atom is 0.282 e. The van der Waals surface area contributed by atoms with E-state index in [0.29, 0.717) is 26.2 Å². The Morgan fingerprint density at radius 1 is 1.15 bits per heavy atom. The van der Waals surface area contributed by atoms with Crippen molar-refractivity contribution in [2.75, 3.05) is 19.6 Å². The number of hydrogen-bond acceptors (Lipinski definition) is 2. The van der Waals surface area contributed by atoms with Crippen LogP contribution in [0.5, 0.6) is 0 Å². The molecule has 108 valence electrons. The van der Waals surface area contributed by atoms with Gasteiger partial charge in [-0.15, -0.1) is 13.2 Å². The highest BCUT2D eigenvalue weighted by Crippen LogP contribution is 2.22. The first-order valence-electron chi connectivity index (χ1n) is 6.63. The summed E-state index contributed by atoms with van der Waals surface area (Å²) in [6.07, 6.45) is 3.95. The number of hydrogen-bond donors (Lipinski definition) is 0. The van der Waals surface area contributed by atoms with Crippen LogP contribution < -0.4 is 0 Å². The van der Waals surface area contributed by atoms with Crippen LogP contribution in [0.1, 0.15) is 11.1 Å². The monoisotopic (exact) mass is 292 g/mol. The van der Waals surface area contributed by atoms with Crippen LogP contribution in [-0.2, 0) is 23.2 Å². The van der Waals surface area contributed by atoms with E-state index in [1.807, 2.05) is 18.2 Å². The smallest absolute Gasteiger partial charge is 0.195 e. The molecule has 1 heterocycles. The third-order valence-corrected chi connectivity index (χ3v) is 5.33. The summed E-state index contributed by atoms with van der Waals surface area (Å²) < 4.78 is 28.2. The van der Waals surface area contributed by atoms with Crippen molar-refractivity contribution in [3.8, 4) is 0 Å². The molecule has 2 rings (SSSR count). The summed E-state index contributed by atoms with van der Waals surface area (Å²) in [4.78, 5) is 0. The zero-order chi connectivity index (χ0) is 14.6. The summed E-state index contributed by atoms with van der Waals surface area (Å²) in [5.74, 6) is 0. The number of rotatable bonds is 6. The van der Waals surface area contributed by atoms with Crippen LogP contribution in [0.4, 0.5) is 0 Å². The van der Waals surface area contributed by atoms with E-state index in [1.165, 1.54) is 14.2 Å². The van der Waals surface area contributed by atoms with Crippen molar-refractivity contribution >= 4 is 10.2 Å². The zero-order valence-electron chi connectivity index (χ0n) is 11.5. The van der Waals surface area contributed by atoms with Gasteiger partial charge in [-0.2, -0.15) is 17.0 Å². The minimum atomic E-state index is -3.47. The third-order valence-electron chi connectivity index (χ3n) is 3.41. The molecule has 0 spiro atoms. The molecule has 0 N–H and O–H groups in total. The molecule has 0 bridgehead atoms. The van der Waals surface area contributed by atoms with E-state index in [9.17, 15) is 8.42 Å². The molecule has 1 aromatic carbocycles. The summed E-state index contributed by atoms with van der Waals surface area (Å²) in [7, 11) is -3.47. The van der Waals surface area contributed by atoms with Gasteiger partial charge in [0.1, 0.15) is 0 Å². The standard InChI is InChI=1S/C15H20N2O2S/c1-3-10-16(11-4-2)20(18,19)17-12-9-14-7-5-6-8-15(14)13-17/h3-8H,1-2,9-13H2. The molecule has 1 aromatic rings. The van der Waals surface area contributed by atoms with E-state index < -0.39 is 10.2 Å². The largest absolute Gasteiger partial charge is 0.282 e. The van der Waals surface area contributed by atoms with Crippen LogP contribution >= 0.6 is 0 Å². The maximum atomic E-state index is 12.6. The van der Waals surface area contributed by atoms with E-state index in [1.54, 1.807) is 12.2 Å². The first kappa shape index (κ1) is 15.0. The highest BCUT2D eigenvalue weighted by Gasteiger charge is 2.30. The van der Waals surface area contributed by atoms with Crippen molar-refractivity contribution in [2.24, 2.45) is 0 Å². The molecule has 0 radical (unpaired) electrons. The summed E-state index contributed by atoms with van der Waals surface area (Å²) >= 11 is 0. The predicted octanol–water partition coefficient (Wildman–Crippen LogP) is 1.96. The van der Waals surface area contributed by atoms with Crippen LogP contribution in [0.15, 0.2) is 49.6 Å². The molecular formula is C15H20N2O2S. The lowest BCUT2D eigenvalue weighted by atomic mass is 10.0. The molecular weight excluding hydrogens is 272 g/mol. The molecule has 1 aliphatic heterocycles. The number of nitrogens with zero attached hydrogens (tertiary/aromatic N) is 2. The fraction of sp³-hybridized carbons (Fsp3) is 0.333. The van der Waals surface area contributed by atoms with Gasteiger partial charge in [-0.05, 0) is 17.5 Å². The predicted molar refractivity (Wildman–Crippen MR) is 81.4 cm³/mol. The van der Waals surface area contributed by atoms with Crippen molar-refractivity contribution < 1.29 is 8.42 Å². The molecule has 0 atom stereocenters. The Morgan fingerprint density at radius 3 is 2.35 bits per heavy atom. The van der Waals surface area contributed by atoms with Gasteiger partial charge in [-0.3, -0.25) is 0 Å². The van der Waals surface area contributed by atoms with Gasteiger partial charge in [0.05, 0.1) is 0 Å². The number of benzene rings is 1. The second-order valence-electron chi connectivity index (χ2n) is 4.75. The Morgan fingerprint density at radius 2 is 1.75 bits per heavy atom. The second-order valence-corrected chi connectivity index (χ2v) is 6.68. The second kappa shape index (κ2) is 6.35. The first-order valence-corrected chi connectivity index (χ1v) is 8.03. The molecule has 0 unspecified atom stereocenters. The van der Waals surface area contributed by atoms with Crippen LogP contribution in [0.2, 0.25) is 0 Å². The van der Waals surface area contributed by atoms with Gasteiger partial charge in [-0.25, -0.2) is 0 Å². The van der Waals surface area contributed by atoms with Gasteiger partial charge in [0.25, 0.3) is 10.2 Å². The minimum absolute atomic E-state index is 0.298. The molecule has 1 aliphatic rings. The summed E-state index contributed by atoms with van der Waals surface area (Å²) in [6, 6.07) is 7.98. The topological polar surface area (TPSA) is 40.6 Å². The Bertz CT molecular complexity index is 586. The lowest BCUT2D eigenvalue weighted by molar-refractivity contribution is 0.344. The fourth-order valence-electron chi connectivity index (χ4n) is 2.38. The SMILES string of the molecule is C=CCN(CC=C)S(=O)(=O)N1CCc2ccccc2C1. The molecule has 0 saturated heterocycles. The van der Waals surface area contributed by atoms with Crippen LogP contribution in [0, 0.1) is 0 Å². The molecule has 20 heavy (non-hydrogen) atoms. The molecule has 0 aliphatic carbocycles. The van der Waals surface area contributed by atoms with Gasteiger partial charge in [-0.1, -0.05) is 36.4 Å². The van der Waals surface area contributed by atoms with Crippen molar-refractivity contribution in [2.45, 2.75) is 13.0 Å². The van der Waals surface area contributed by atoms with E-state index in [4.69, 9.17) is 0 Å². The molecule has 0 fully saturated rings. The average Bonchev–Trinajstić information content (AvgIpc) is 2.46. The van der Waals surface area contributed by atoms with Crippen LogP contribution in [-0.4, -0.2) is 36.7 Å². The maximum absolute atomic E-state index is 12.6. The van der Waals surface area contributed by atoms with Gasteiger partial charge in [0.15, 0.2) is 0 Å². The molecule has 0 aromatic heterocycles. The summed E-state index contributed by atoms with van der Waals surface area (Å²) in [5.41, 5.74) is 2.32. The van der Waals surface area contributed by atoms with Gasteiger partial charge >= 0.3 is 0 Å². The minimum Gasteiger partial charge on any atom is -0.195 e. The fourth-order valence-corrected chi connectivity index (χ4v) is 3.92. The Kier molecular flexibility index (Phi) is 4.75. The number of fused-ring (bicyclic) bond motifs is 1. The lowest BCUT2D eigenvalue weighted by Crippen LogP contribution is -2.46. The third kappa shape index (κ3) is 3.00. The first-order chi connectivity index (χ1) is 9.59. The van der Waals surface area contributed by atoms with Gasteiger partial charge in [0.2, 0.25) is 0 Å². The molecule has 0 amide bonds. The van der Waals surface area contributed by atoms with Crippen molar-refractivity contribution in [3.63, 3.8) is 0 Å². The molecule has 0 saturated carbocycles.